The Morgan fingerprint density at radius 2 is 2.07 bits per heavy atom. The SMILES string of the molecule is CC[C@@]1(O)C(=O)OCc2c1cc1n(c2=O)Cc2c-1nc1ccc(OC)cc1c2C. The number of hydrogen-bond acceptors (Lipinski definition) is 6. The second-order valence-electron chi connectivity index (χ2n) is 7.55. The summed E-state index contributed by atoms with van der Waals surface area (Å²) < 4.78 is 12.1. The number of carbonyl (C=O) groups is 1. The van der Waals surface area contributed by atoms with Crippen molar-refractivity contribution in [3.63, 3.8) is 0 Å². The fourth-order valence-corrected chi connectivity index (χ4v) is 4.38. The third-order valence-corrected chi connectivity index (χ3v) is 6.18. The van der Waals surface area contributed by atoms with Gasteiger partial charge >= 0.3 is 5.97 Å². The standard InChI is InChI=1S/C22H20N2O5/c1-4-22(27)16-8-18-19-14(9-24(18)20(25)15(16)10-29-21(22)26)11(2)13-7-12(28-3)5-6-17(13)23-19/h5-8,27H,4,9-10H2,1-3H3/t22-/m0/s1. The summed E-state index contributed by atoms with van der Waals surface area (Å²) in [4.78, 5) is 30.3. The number of cyclic esters (lactones) is 1. The van der Waals surface area contributed by atoms with Gasteiger partial charge in [-0.25, -0.2) is 9.78 Å². The molecule has 0 saturated carbocycles. The molecule has 3 aromatic rings. The largest absolute Gasteiger partial charge is 0.497 e. The quantitative estimate of drug-likeness (QED) is 0.527. The summed E-state index contributed by atoms with van der Waals surface area (Å²) in [5, 5.41) is 11.9. The lowest BCUT2D eigenvalue weighted by atomic mass is 9.86. The molecule has 1 N–H and O–H groups in total. The Kier molecular flexibility index (Phi) is 3.64. The zero-order valence-corrected chi connectivity index (χ0v) is 16.4. The maximum absolute atomic E-state index is 13.2. The van der Waals surface area contributed by atoms with Gasteiger partial charge in [-0.3, -0.25) is 4.79 Å². The van der Waals surface area contributed by atoms with Crippen LogP contribution in [0.3, 0.4) is 0 Å². The van der Waals surface area contributed by atoms with E-state index in [0.29, 0.717) is 29.1 Å². The van der Waals surface area contributed by atoms with Crippen LogP contribution in [0.15, 0.2) is 29.1 Å². The van der Waals surface area contributed by atoms with E-state index in [4.69, 9.17) is 14.5 Å². The minimum Gasteiger partial charge on any atom is -0.497 e. The van der Waals surface area contributed by atoms with E-state index in [1.165, 1.54) is 0 Å². The molecule has 1 aromatic carbocycles. The summed E-state index contributed by atoms with van der Waals surface area (Å²) in [6, 6.07) is 7.41. The van der Waals surface area contributed by atoms with Gasteiger partial charge < -0.3 is 19.1 Å². The molecule has 0 aliphatic carbocycles. The van der Waals surface area contributed by atoms with Crippen LogP contribution >= 0.6 is 0 Å². The molecule has 29 heavy (non-hydrogen) atoms. The van der Waals surface area contributed by atoms with Crippen molar-refractivity contribution < 1.29 is 19.4 Å². The minimum absolute atomic E-state index is 0.124. The van der Waals surface area contributed by atoms with Gasteiger partial charge in [-0.1, -0.05) is 6.92 Å². The molecule has 0 fully saturated rings. The molecule has 5 rings (SSSR count). The van der Waals surface area contributed by atoms with Gasteiger partial charge in [0.05, 0.1) is 36.1 Å². The van der Waals surface area contributed by atoms with E-state index in [1.807, 2.05) is 25.1 Å². The highest BCUT2D eigenvalue weighted by Gasteiger charge is 2.45. The number of esters is 1. The van der Waals surface area contributed by atoms with Crippen molar-refractivity contribution in [3.8, 4) is 17.1 Å². The fourth-order valence-electron chi connectivity index (χ4n) is 4.38. The number of pyridine rings is 2. The smallest absolute Gasteiger partial charge is 0.343 e. The monoisotopic (exact) mass is 392 g/mol. The third-order valence-electron chi connectivity index (χ3n) is 6.18. The molecular formula is C22H20N2O5. The summed E-state index contributed by atoms with van der Waals surface area (Å²) in [7, 11) is 1.62. The van der Waals surface area contributed by atoms with Crippen molar-refractivity contribution in [2.45, 2.75) is 39.0 Å². The van der Waals surface area contributed by atoms with E-state index < -0.39 is 11.6 Å². The molecule has 148 valence electrons. The molecule has 7 nitrogen and oxygen atoms in total. The number of aromatic nitrogens is 2. The number of carbonyl (C=O) groups excluding carboxylic acids is 1. The van der Waals surface area contributed by atoms with Crippen LogP contribution in [-0.2, 0) is 28.3 Å². The summed E-state index contributed by atoms with van der Waals surface area (Å²) in [5.74, 6) is 0.0268. The molecule has 2 aliphatic heterocycles. The molecule has 0 spiro atoms. The molecule has 0 unspecified atom stereocenters. The van der Waals surface area contributed by atoms with Crippen LogP contribution < -0.4 is 10.3 Å². The van der Waals surface area contributed by atoms with Gasteiger partial charge in [0.25, 0.3) is 5.56 Å². The van der Waals surface area contributed by atoms with Gasteiger partial charge in [-0.15, -0.1) is 0 Å². The summed E-state index contributed by atoms with van der Waals surface area (Å²) in [5.41, 5.74) is 2.69. The van der Waals surface area contributed by atoms with Crippen LogP contribution in [0, 0.1) is 6.92 Å². The molecule has 0 radical (unpaired) electrons. The Morgan fingerprint density at radius 3 is 2.79 bits per heavy atom. The number of aryl methyl sites for hydroxylation is 1. The summed E-state index contributed by atoms with van der Waals surface area (Å²) >= 11 is 0. The van der Waals surface area contributed by atoms with Crippen LogP contribution in [0.25, 0.3) is 22.3 Å². The highest BCUT2D eigenvalue weighted by atomic mass is 16.6. The van der Waals surface area contributed by atoms with E-state index in [0.717, 1.165) is 27.8 Å². The van der Waals surface area contributed by atoms with Crippen LogP contribution in [0.4, 0.5) is 0 Å². The zero-order chi connectivity index (χ0) is 20.5. The maximum Gasteiger partial charge on any atom is 0.343 e. The Morgan fingerprint density at radius 1 is 1.28 bits per heavy atom. The minimum atomic E-state index is -1.82. The Balaban J connectivity index is 1.80. The Labute approximate surface area is 166 Å². The van der Waals surface area contributed by atoms with Crippen LogP contribution in [-0.4, -0.2) is 27.7 Å². The van der Waals surface area contributed by atoms with E-state index >= 15 is 0 Å². The molecule has 0 amide bonds. The lowest BCUT2D eigenvalue weighted by Crippen LogP contribution is -2.44. The predicted octanol–water partition coefficient (Wildman–Crippen LogP) is 2.40. The number of hydrogen-bond donors (Lipinski definition) is 1. The maximum atomic E-state index is 13.2. The van der Waals surface area contributed by atoms with Crippen molar-refractivity contribution >= 4 is 16.9 Å². The Bertz CT molecular complexity index is 1280. The van der Waals surface area contributed by atoms with E-state index in [-0.39, 0.29) is 18.6 Å². The first-order chi connectivity index (χ1) is 13.9. The third kappa shape index (κ3) is 2.25. The number of rotatable bonds is 2. The molecular weight excluding hydrogens is 372 g/mol. The zero-order valence-electron chi connectivity index (χ0n) is 16.4. The molecule has 0 bridgehead atoms. The number of aliphatic hydroxyl groups is 1. The normalized spacial score (nSPS) is 19.5. The van der Waals surface area contributed by atoms with Crippen molar-refractivity contribution in [1.29, 1.82) is 0 Å². The van der Waals surface area contributed by atoms with Crippen LogP contribution in [0.2, 0.25) is 0 Å². The summed E-state index contributed by atoms with van der Waals surface area (Å²) in [6.45, 7) is 3.96. The number of fused-ring (bicyclic) bond motifs is 5. The van der Waals surface area contributed by atoms with E-state index in [1.54, 1.807) is 24.7 Å². The van der Waals surface area contributed by atoms with Crippen LogP contribution in [0.1, 0.15) is 35.6 Å². The van der Waals surface area contributed by atoms with Crippen LogP contribution in [0.5, 0.6) is 5.75 Å². The first kappa shape index (κ1) is 17.9. The highest BCUT2D eigenvalue weighted by Crippen LogP contribution is 2.40. The van der Waals surface area contributed by atoms with Gasteiger partial charge in [0.2, 0.25) is 0 Å². The second-order valence-corrected chi connectivity index (χ2v) is 7.55. The highest BCUT2D eigenvalue weighted by molar-refractivity contribution is 5.89. The van der Waals surface area contributed by atoms with Crippen molar-refractivity contribution in [2.75, 3.05) is 7.11 Å². The van der Waals surface area contributed by atoms with Crippen molar-refractivity contribution in [2.24, 2.45) is 0 Å². The van der Waals surface area contributed by atoms with Gasteiger partial charge in [-0.05, 0) is 43.2 Å². The van der Waals surface area contributed by atoms with Gasteiger partial charge in [0, 0.05) is 16.5 Å². The molecule has 4 heterocycles. The van der Waals surface area contributed by atoms with Gasteiger partial charge in [0.15, 0.2) is 5.60 Å². The first-order valence-corrected chi connectivity index (χ1v) is 9.53. The van der Waals surface area contributed by atoms with Crippen molar-refractivity contribution in [1.82, 2.24) is 9.55 Å². The fraction of sp³-hybridized carbons (Fsp3) is 0.318. The van der Waals surface area contributed by atoms with E-state index in [2.05, 4.69) is 0 Å². The lowest BCUT2D eigenvalue weighted by molar-refractivity contribution is -0.172. The number of nitrogens with zero attached hydrogens (tertiary/aromatic N) is 2. The average Bonchev–Trinajstić information content (AvgIpc) is 3.10. The molecule has 2 aromatic heterocycles. The van der Waals surface area contributed by atoms with Crippen molar-refractivity contribution in [3.05, 3.63) is 56.9 Å². The average molecular weight is 392 g/mol. The van der Waals surface area contributed by atoms with Gasteiger partial charge in [0.1, 0.15) is 12.4 Å². The molecule has 1 atom stereocenters. The molecule has 2 aliphatic rings. The predicted molar refractivity (Wildman–Crippen MR) is 106 cm³/mol. The lowest BCUT2D eigenvalue weighted by Gasteiger charge is -2.31. The molecule has 7 heteroatoms. The number of methoxy groups -OCH3 is 1. The van der Waals surface area contributed by atoms with E-state index in [9.17, 15) is 14.7 Å². The number of benzene rings is 1. The second kappa shape index (κ2) is 5.90. The number of ether oxygens (including phenoxy) is 2. The topological polar surface area (TPSA) is 90.7 Å². The first-order valence-electron chi connectivity index (χ1n) is 9.53. The summed E-state index contributed by atoms with van der Waals surface area (Å²) in [6.07, 6.45) is 0.124. The molecule has 0 saturated heterocycles. The van der Waals surface area contributed by atoms with Gasteiger partial charge in [-0.2, -0.15) is 0 Å². The Hall–Kier alpha value is -3.19.